The zero-order valence-electron chi connectivity index (χ0n) is 12.4. The van der Waals surface area contributed by atoms with E-state index in [0.717, 1.165) is 12.0 Å². The Kier molecular flexibility index (Phi) is 5.15. The van der Waals surface area contributed by atoms with E-state index in [-0.39, 0.29) is 6.04 Å². The second-order valence-electron chi connectivity index (χ2n) is 5.53. The first-order valence-electron chi connectivity index (χ1n) is 7.11. The van der Waals surface area contributed by atoms with Gasteiger partial charge in [0.1, 0.15) is 0 Å². The molecule has 0 saturated carbocycles. The fraction of sp³-hybridized carbons (Fsp3) is 0.294. The van der Waals surface area contributed by atoms with Gasteiger partial charge in [0.25, 0.3) is 0 Å². The van der Waals surface area contributed by atoms with Gasteiger partial charge in [-0.25, -0.2) is 13.1 Å². The van der Waals surface area contributed by atoms with Gasteiger partial charge in [0.2, 0.25) is 10.0 Å². The SMILES string of the molecule is CC(C)C[C@@H](NS(=O)(=O)c1ccccc1)c1ccccc1. The predicted octanol–water partition coefficient (Wildman–Crippen LogP) is 3.75. The van der Waals surface area contributed by atoms with Gasteiger partial charge in [-0.3, -0.25) is 0 Å². The number of hydrogen-bond donors (Lipinski definition) is 1. The number of sulfonamides is 1. The van der Waals surface area contributed by atoms with Crippen molar-refractivity contribution in [2.45, 2.75) is 31.2 Å². The number of benzene rings is 2. The molecular formula is C17H21NO2S. The standard InChI is InChI=1S/C17H21NO2S/c1-14(2)13-17(15-9-5-3-6-10-15)18-21(19,20)16-11-7-4-8-12-16/h3-12,14,17-18H,13H2,1-2H3/t17-/m1/s1. The first-order chi connectivity index (χ1) is 9.99. The highest BCUT2D eigenvalue weighted by Crippen LogP contribution is 2.23. The van der Waals surface area contributed by atoms with Crippen molar-refractivity contribution >= 4 is 10.0 Å². The van der Waals surface area contributed by atoms with Gasteiger partial charge in [-0.1, -0.05) is 62.4 Å². The average molecular weight is 303 g/mol. The van der Waals surface area contributed by atoms with Crippen molar-refractivity contribution in [2.75, 3.05) is 0 Å². The maximum absolute atomic E-state index is 12.5. The minimum atomic E-state index is -3.50. The van der Waals surface area contributed by atoms with Crippen LogP contribution >= 0.6 is 0 Å². The molecule has 0 heterocycles. The summed E-state index contributed by atoms with van der Waals surface area (Å²) in [6.45, 7) is 4.18. The van der Waals surface area contributed by atoms with E-state index >= 15 is 0 Å². The van der Waals surface area contributed by atoms with Gasteiger partial charge in [0, 0.05) is 6.04 Å². The third-order valence-corrected chi connectivity index (χ3v) is 4.75. The first kappa shape index (κ1) is 15.7. The lowest BCUT2D eigenvalue weighted by Gasteiger charge is -2.21. The molecule has 2 rings (SSSR count). The van der Waals surface area contributed by atoms with Crippen molar-refractivity contribution in [3.8, 4) is 0 Å². The minimum absolute atomic E-state index is 0.212. The zero-order chi connectivity index (χ0) is 15.3. The highest BCUT2D eigenvalue weighted by atomic mass is 32.2. The molecule has 1 N–H and O–H groups in total. The van der Waals surface area contributed by atoms with Crippen LogP contribution in [0.3, 0.4) is 0 Å². The molecule has 4 heteroatoms. The maximum atomic E-state index is 12.5. The second kappa shape index (κ2) is 6.87. The fourth-order valence-corrected chi connectivity index (χ4v) is 3.52. The van der Waals surface area contributed by atoms with Gasteiger partial charge in [-0.15, -0.1) is 0 Å². The van der Waals surface area contributed by atoms with E-state index in [2.05, 4.69) is 18.6 Å². The van der Waals surface area contributed by atoms with E-state index < -0.39 is 10.0 Å². The van der Waals surface area contributed by atoms with Gasteiger partial charge in [-0.05, 0) is 30.0 Å². The summed E-state index contributed by atoms with van der Waals surface area (Å²) in [6, 6.07) is 18.0. The lowest BCUT2D eigenvalue weighted by molar-refractivity contribution is 0.472. The van der Waals surface area contributed by atoms with Crippen LogP contribution in [0.1, 0.15) is 31.9 Å². The largest absolute Gasteiger partial charge is 0.241 e. The lowest BCUT2D eigenvalue weighted by Crippen LogP contribution is -2.29. The summed E-state index contributed by atoms with van der Waals surface area (Å²) in [6.07, 6.45) is 0.760. The Morgan fingerprint density at radius 3 is 1.95 bits per heavy atom. The predicted molar refractivity (Wildman–Crippen MR) is 85.4 cm³/mol. The molecule has 0 spiro atoms. The third kappa shape index (κ3) is 4.41. The van der Waals surface area contributed by atoms with Crippen molar-refractivity contribution < 1.29 is 8.42 Å². The van der Waals surface area contributed by atoms with E-state index in [0.29, 0.717) is 10.8 Å². The molecule has 3 nitrogen and oxygen atoms in total. The molecule has 0 aromatic heterocycles. The van der Waals surface area contributed by atoms with E-state index in [1.54, 1.807) is 24.3 Å². The molecule has 0 aliphatic heterocycles. The van der Waals surface area contributed by atoms with Crippen molar-refractivity contribution in [2.24, 2.45) is 5.92 Å². The first-order valence-corrected chi connectivity index (χ1v) is 8.59. The van der Waals surface area contributed by atoms with E-state index in [4.69, 9.17) is 0 Å². The van der Waals surface area contributed by atoms with Crippen LogP contribution in [0.5, 0.6) is 0 Å². The fourth-order valence-electron chi connectivity index (χ4n) is 2.26. The van der Waals surface area contributed by atoms with Gasteiger partial charge < -0.3 is 0 Å². The molecule has 1 atom stereocenters. The summed E-state index contributed by atoms with van der Waals surface area (Å²) in [5.41, 5.74) is 0.991. The minimum Gasteiger partial charge on any atom is -0.207 e. The van der Waals surface area contributed by atoms with Crippen LogP contribution in [0.15, 0.2) is 65.6 Å². The van der Waals surface area contributed by atoms with Crippen molar-refractivity contribution in [3.05, 3.63) is 66.2 Å². The van der Waals surface area contributed by atoms with Crippen molar-refractivity contribution in [1.29, 1.82) is 0 Å². The molecule has 0 aliphatic rings. The topological polar surface area (TPSA) is 46.2 Å². The van der Waals surface area contributed by atoms with E-state index in [1.165, 1.54) is 0 Å². The molecule has 0 aliphatic carbocycles. The molecule has 21 heavy (non-hydrogen) atoms. The van der Waals surface area contributed by atoms with Crippen LogP contribution in [-0.2, 0) is 10.0 Å². The monoisotopic (exact) mass is 303 g/mol. The zero-order valence-corrected chi connectivity index (χ0v) is 13.2. The molecular weight excluding hydrogens is 282 g/mol. The van der Waals surface area contributed by atoms with Crippen LogP contribution in [0.4, 0.5) is 0 Å². The van der Waals surface area contributed by atoms with Crippen LogP contribution < -0.4 is 4.72 Å². The van der Waals surface area contributed by atoms with Crippen LogP contribution in [0.25, 0.3) is 0 Å². The molecule has 2 aromatic carbocycles. The van der Waals surface area contributed by atoms with E-state index in [9.17, 15) is 8.42 Å². The number of nitrogens with one attached hydrogen (secondary N) is 1. The van der Waals surface area contributed by atoms with Crippen LogP contribution in [0, 0.1) is 5.92 Å². The van der Waals surface area contributed by atoms with Gasteiger partial charge in [0.05, 0.1) is 4.90 Å². The summed E-state index contributed by atoms with van der Waals surface area (Å²) in [4.78, 5) is 0.301. The smallest absolute Gasteiger partial charge is 0.207 e. The Labute approximate surface area is 127 Å². The summed E-state index contributed by atoms with van der Waals surface area (Å²) in [5, 5.41) is 0. The molecule has 0 unspecified atom stereocenters. The maximum Gasteiger partial charge on any atom is 0.241 e. The molecule has 0 amide bonds. The number of hydrogen-bond acceptors (Lipinski definition) is 2. The Balaban J connectivity index is 2.27. The van der Waals surface area contributed by atoms with Crippen LogP contribution in [0.2, 0.25) is 0 Å². The highest BCUT2D eigenvalue weighted by Gasteiger charge is 2.21. The summed E-state index contributed by atoms with van der Waals surface area (Å²) >= 11 is 0. The highest BCUT2D eigenvalue weighted by molar-refractivity contribution is 7.89. The second-order valence-corrected chi connectivity index (χ2v) is 7.24. The Morgan fingerprint density at radius 1 is 0.905 bits per heavy atom. The van der Waals surface area contributed by atoms with Crippen molar-refractivity contribution in [1.82, 2.24) is 4.72 Å². The normalized spacial score (nSPS) is 13.3. The van der Waals surface area contributed by atoms with Gasteiger partial charge >= 0.3 is 0 Å². The summed E-state index contributed by atoms with van der Waals surface area (Å²) < 4.78 is 27.8. The molecule has 112 valence electrons. The van der Waals surface area contributed by atoms with Crippen LogP contribution in [-0.4, -0.2) is 8.42 Å². The molecule has 2 aromatic rings. The number of rotatable bonds is 6. The molecule has 0 fully saturated rings. The quantitative estimate of drug-likeness (QED) is 0.883. The average Bonchev–Trinajstić information content (AvgIpc) is 2.48. The molecule has 0 saturated heterocycles. The Bertz CT molecular complexity index is 652. The Morgan fingerprint density at radius 2 is 1.43 bits per heavy atom. The lowest BCUT2D eigenvalue weighted by atomic mass is 9.98. The third-order valence-electron chi connectivity index (χ3n) is 3.26. The summed E-state index contributed by atoms with van der Waals surface area (Å²) in [5.74, 6) is 0.397. The summed E-state index contributed by atoms with van der Waals surface area (Å²) in [7, 11) is -3.50. The molecule has 0 bridgehead atoms. The Hall–Kier alpha value is -1.65. The van der Waals surface area contributed by atoms with Crippen molar-refractivity contribution in [3.63, 3.8) is 0 Å². The van der Waals surface area contributed by atoms with Gasteiger partial charge in [0.15, 0.2) is 0 Å². The van der Waals surface area contributed by atoms with Gasteiger partial charge in [-0.2, -0.15) is 0 Å². The molecule has 0 radical (unpaired) electrons. The van der Waals surface area contributed by atoms with E-state index in [1.807, 2.05) is 36.4 Å².